The Labute approximate surface area is 131 Å². The number of hydrogen-bond donors (Lipinski definition) is 1. The van der Waals surface area contributed by atoms with Crippen LogP contribution in [0.3, 0.4) is 0 Å². The molecule has 0 saturated heterocycles. The minimum absolute atomic E-state index is 0.607. The van der Waals surface area contributed by atoms with E-state index in [0.717, 1.165) is 48.0 Å². The van der Waals surface area contributed by atoms with Gasteiger partial charge >= 0.3 is 0 Å². The van der Waals surface area contributed by atoms with Gasteiger partial charge in [0.2, 0.25) is 5.88 Å². The lowest BCUT2D eigenvalue weighted by atomic mass is 10.1. The van der Waals surface area contributed by atoms with Crippen molar-refractivity contribution in [2.24, 2.45) is 0 Å². The van der Waals surface area contributed by atoms with E-state index >= 15 is 0 Å². The highest BCUT2D eigenvalue weighted by Crippen LogP contribution is 2.25. The highest BCUT2D eigenvalue weighted by Gasteiger charge is 2.04. The predicted molar refractivity (Wildman–Crippen MR) is 87.1 cm³/mol. The van der Waals surface area contributed by atoms with Crippen LogP contribution in [0.2, 0.25) is 5.02 Å². The van der Waals surface area contributed by atoms with E-state index in [0.29, 0.717) is 5.88 Å². The van der Waals surface area contributed by atoms with Crippen LogP contribution in [0.1, 0.15) is 31.5 Å². The number of halogens is 1. The van der Waals surface area contributed by atoms with Crippen molar-refractivity contribution in [3.05, 3.63) is 52.7 Å². The van der Waals surface area contributed by atoms with Crippen molar-refractivity contribution in [2.75, 3.05) is 6.54 Å². The third-order valence-electron chi connectivity index (χ3n) is 3.13. The summed E-state index contributed by atoms with van der Waals surface area (Å²) >= 11 is 6.12. The maximum atomic E-state index is 6.12. The van der Waals surface area contributed by atoms with Crippen LogP contribution >= 0.6 is 11.6 Å². The zero-order valence-corrected chi connectivity index (χ0v) is 13.3. The molecular formula is C17H21ClN2O. The molecule has 3 nitrogen and oxygen atoms in total. The smallest absolute Gasteiger partial charge is 0.219 e. The summed E-state index contributed by atoms with van der Waals surface area (Å²) < 4.78 is 5.83. The standard InChI is InChI=1S/C17H21ClN2O/c1-3-10-19-12-14-6-5-7-17(20-14)21-15-8-9-16(18)13(4-2)11-15/h5-9,11,19H,3-4,10,12H2,1-2H3. The predicted octanol–water partition coefficient (Wildman–Crippen LogP) is 4.59. The molecule has 0 amide bonds. The quantitative estimate of drug-likeness (QED) is 0.760. The van der Waals surface area contributed by atoms with Crippen molar-refractivity contribution >= 4 is 11.6 Å². The van der Waals surface area contributed by atoms with Crippen LogP contribution in [-0.2, 0) is 13.0 Å². The molecule has 1 aromatic carbocycles. The molecule has 1 N–H and O–H groups in total. The van der Waals surface area contributed by atoms with Crippen molar-refractivity contribution in [3.63, 3.8) is 0 Å². The van der Waals surface area contributed by atoms with Crippen molar-refractivity contribution in [1.82, 2.24) is 10.3 Å². The summed E-state index contributed by atoms with van der Waals surface area (Å²) in [6.07, 6.45) is 1.99. The van der Waals surface area contributed by atoms with Gasteiger partial charge in [0, 0.05) is 17.6 Å². The molecule has 0 unspecified atom stereocenters. The molecule has 2 aromatic rings. The van der Waals surface area contributed by atoms with Crippen LogP contribution in [0, 0.1) is 0 Å². The van der Waals surface area contributed by atoms with Gasteiger partial charge in [0.05, 0.1) is 5.69 Å². The summed E-state index contributed by atoms with van der Waals surface area (Å²) in [6.45, 7) is 5.96. The second-order valence-corrected chi connectivity index (χ2v) is 5.26. The molecule has 0 aliphatic heterocycles. The third-order valence-corrected chi connectivity index (χ3v) is 3.50. The molecule has 0 atom stereocenters. The first-order valence-corrected chi connectivity index (χ1v) is 7.73. The largest absolute Gasteiger partial charge is 0.439 e. The molecule has 1 aromatic heterocycles. The summed E-state index contributed by atoms with van der Waals surface area (Å²) in [4.78, 5) is 4.50. The van der Waals surface area contributed by atoms with E-state index in [-0.39, 0.29) is 0 Å². The fraction of sp³-hybridized carbons (Fsp3) is 0.353. The number of hydrogen-bond acceptors (Lipinski definition) is 3. The second-order valence-electron chi connectivity index (χ2n) is 4.85. The Morgan fingerprint density at radius 1 is 1.19 bits per heavy atom. The van der Waals surface area contributed by atoms with Crippen LogP contribution in [0.5, 0.6) is 11.6 Å². The van der Waals surface area contributed by atoms with Gasteiger partial charge in [0.1, 0.15) is 5.75 Å². The maximum absolute atomic E-state index is 6.12. The number of nitrogens with zero attached hydrogens (tertiary/aromatic N) is 1. The first-order chi connectivity index (χ1) is 10.2. The summed E-state index contributed by atoms with van der Waals surface area (Å²) in [7, 11) is 0. The Kier molecular flexibility index (Phi) is 6.03. The van der Waals surface area contributed by atoms with Crippen molar-refractivity contribution < 1.29 is 4.74 Å². The topological polar surface area (TPSA) is 34.1 Å². The maximum Gasteiger partial charge on any atom is 0.219 e. The van der Waals surface area contributed by atoms with E-state index in [4.69, 9.17) is 16.3 Å². The molecule has 0 aliphatic carbocycles. The van der Waals surface area contributed by atoms with Gasteiger partial charge in [-0.3, -0.25) is 0 Å². The highest BCUT2D eigenvalue weighted by atomic mass is 35.5. The van der Waals surface area contributed by atoms with Crippen molar-refractivity contribution in [2.45, 2.75) is 33.2 Å². The number of rotatable bonds is 7. The average Bonchev–Trinajstić information content (AvgIpc) is 2.50. The van der Waals surface area contributed by atoms with Gasteiger partial charge in [0.15, 0.2) is 0 Å². The number of benzene rings is 1. The van der Waals surface area contributed by atoms with Crippen molar-refractivity contribution in [3.8, 4) is 11.6 Å². The normalized spacial score (nSPS) is 10.6. The van der Waals surface area contributed by atoms with E-state index < -0.39 is 0 Å². The van der Waals surface area contributed by atoms with E-state index in [1.165, 1.54) is 0 Å². The first kappa shape index (κ1) is 15.8. The number of pyridine rings is 1. The van der Waals surface area contributed by atoms with Crippen LogP contribution < -0.4 is 10.1 Å². The minimum atomic E-state index is 0.607. The zero-order chi connectivity index (χ0) is 15.1. The van der Waals surface area contributed by atoms with Crippen LogP contribution in [0.15, 0.2) is 36.4 Å². The monoisotopic (exact) mass is 304 g/mol. The molecule has 21 heavy (non-hydrogen) atoms. The molecule has 1 heterocycles. The Bertz CT molecular complexity index is 587. The summed E-state index contributed by atoms with van der Waals surface area (Å²) in [5, 5.41) is 4.11. The molecule has 0 spiro atoms. The van der Waals surface area contributed by atoms with Gasteiger partial charge in [-0.25, -0.2) is 4.98 Å². The van der Waals surface area contributed by atoms with Crippen molar-refractivity contribution in [1.29, 1.82) is 0 Å². The van der Waals surface area contributed by atoms with Gasteiger partial charge in [-0.05, 0) is 49.2 Å². The lowest BCUT2D eigenvalue weighted by Crippen LogP contribution is -2.14. The van der Waals surface area contributed by atoms with Crippen LogP contribution in [-0.4, -0.2) is 11.5 Å². The molecule has 112 valence electrons. The number of ether oxygens (including phenoxy) is 1. The summed E-state index contributed by atoms with van der Waals surface area (Å²) in [5.41, 5.74) is 2.06. The van der Waals surface area contributed by atoms with Gasteiger partial charge in [-0.15, -0.1) is 0 Å². The van der Waals surface area contributed by atoms with E-state index in [1.807, 2.05) is 36.4 Å². The molecule has 0 bridgehead atoms. The van der Waals surface area contributed by atoms with E-state index in [2.05, 4.69) is 24.1 Å². The molecule has 0 aliphatic rings. The average molecular weight is 305 g/mol. The van der Waals surface area contributed by atoms with Crippen LogP contribution in [0.4, 0.5) is 0 Å². The van der Waals surface area contributed by atoms with Gasteiger partial charge in [0.25, 0.3) is 0 Å². The molecular weight excluding hydrogens is 284 g/mol. The SMILES string of the molecule is CCCNCc1cccc(Oc2ccc(Cl)c(CC)c2)n1. The molecule has 0 fully saturated rings. The lowest BCUT2D eigenvalue weighted by Gasteiger charge is -2.09. The first-order valence-electron chi connectivity index (χ1n) is 7.35. The number of nitrogens with one attached hydrogen (secondary N) is 1. The van der Waals surface area contributed by atoms with E-state index in [1.54, 1.807) is 0 Å². The molecule has 2 rings (SSSR count). The zero-order valence-electron chi connectivity index (χ0n) is 12.5. The third kappa shape index (κ3) is 4.73. The molecule has 0 saturated carbocycles. The Morgan fingerprint density at radius 2 is 2.05 bits per heavy atom. The van der Waals surface area contributed by atoms with Crippen LogP contribution in [0.25, 0.3) is 0 Å². The molecule has 0 radical (unpaired) electrons. The fourth-order valence-corrected chi connectivity index (χ4v) is 2.26. The van der Waals surface area contributed by atoms with E-state index in [9.17, 15) is 0 Å². The lowest BCUT2D eigenvalue weighted by molar-refractivity contribution is 0.459. The number of aryl methyl sites for hydroxylation is 1. The Morgan fingerprint density at radius 3 is 2.81 bits per heavy atom. The summed E-state index contributed by atoms with van der Waals surface area (Å²) in [5.74, 6) is 1.37. The Hall–Kier alpha value is -1.58. The highest BCUT2D eigenvalue weighted by molar-refractivity contribution is 6.31. The molecule has 4 heteroatoms. The number of aromatic nitrogens is 1. The van der Waals surface area contributed by atoms with Gasteiger partial charge in [-0.2, -0.15) is 0 Å². The Balaban J connectivity index is 2.07. The van der Waals surface area contributed by atoms with Gasteiger partial charge in [-0.1, -0.05) is 31.5 Å². The van der Waals surface area contributed by atoms with Gasteiger partial charge < -0.3 is 10.1 Å². The minimum Gasteiger partial charge on any atom is -0.439 e. The fourth-order valence-electron chi connectivity index (χ4n) is 2.01. The summed E-state index contributed by atoms with van der Waals surface area (Å²) in [6, 6.07) is 11.5. The second kappa shape index (κ2) is 8.01.